The first-order valence-corrected chi connectivity index (χ1v) is 20.5. The molecule has 324 valence electrons. The molecule has 2 amide bonds. The van der Waals surface area contributed by atoms with Gasteiger partial charge < -0.3 is 29.9 Å². The van der Waals surface area contributed by atoms with Crippen molar-refractivity contribution in [3.8, 4) is 11.5 Å². The third-order valence-corrected chi connectivity index (χ3v) is 11.0. The summed E-state index contributed by atoms with van der Waals surface area (Å²) in [5.41, 5.74) is 2.75. The molecule has 14 nitrogen and oxygen atoms in total. The molecule has 1 saturated heterocycles. The van der Waals surface area contributed by atoms with E-state index in [1.165, 1.54) is 48.5 Å². The minimum Gasteiger partial charge on any atom is -0.494 e. The molecule has 14 heteroatoms. The third kappa shape index (κ3) is 10.0. The summed E-state index contributed by atoms with van der Waals surface area (Å²) in [5, 5.41) is 29.5. The van der Waals surface area contributed by atoms with E-state index in [1.807, 2.05) is 109 Å². The molecule has 0 radical (unpaired) electrons. The molecule has 1 fully saturated rings. The lowest BCUT2D eigenvalue weighted by atomic mass is 9.76. The van der Waals surface area contributed by atoms with Gasteiger partial charge in [-0.15, -0.1) is 4.91 Å². The summed E-state index contributed by atoms with van der Waals surface area (Å²) in [5.74, 6) is -3.86. The lowest BCUT2D eigenvalue weighted by Gasteiger charge is -2.42. The number of carboxylic acid groups (broad SMARTS) is 2. The zero-order valence-electron chi connectivity index (χ0n) is 34.4. The van der Waals surface area contributed by atoms with Crippen LogP contribution in [-0.4, -0.2) is 70.1 Å². The number of ether oxygens (including phenoxy) is 2. The van der Waals surface area contributed by atoms with Crippen LogP contribution in [0.3, 0.4) is 0 Å². The van der Waals surface area contributed by atoms with Crippen molar-refractivity contribution in [1.82, 2.24) is 15.5 Å². The Morgan fingerprint density at radius 2 is 1.17 bits per heavy atom. The Labute approximate surface area is 368 Å². The van der Waals surface area contributed by atoms with Crippen molar-refractivity contribution < 1.29 is 43.7 Å². The highest BCUT2D eigenvalue weighted by Gasteiger charge is 2.46. The summed E-state index contributed by atoms with van der Waals surface area (Å²) in [6, 6.07) is 44.6. The van der Waals surface area contributed by atoms with Gasteiger partial charge in [-0.3, -0.25) is 24.5 Å². The average Bonchev–Trinajstić information content (AvgIpc) is 3.32. The van der Waals surface area contributed by atoms with Gasteiger partial charge in [0.25, 0.3) is 5.91 Å². The van der Waals surface area contributed by atoms with E-state index in [-0.39, 0.29) is 42.9 Å². The summed E-state index contributed by atoms with van der Waals surface area (Å²) in [7, 11) is 0. The van der Waals surface area contributed by atoms with Crippen LogP contribution in [0, 0.1) is 4.91 Å². The fourth-order valence-electron chi connectivity index (χ4n) is 7.78. The number of carbonyl (C=O) groups excluding carboxylic acids is 3. The normalized spacial score (nSPS) is 14.8. The van der Waals surface area contributed by atoms with Crippen LogP contribution in [-0.2, 0) is 35.9 Å². The molecule has 0 aliphatic carbocycles. The lowest BCUT2D eigenvalue weighted by molar-refractivity contribution is -0.160. The van der Waals surface area contributed by atoms with Gasteiger partial charge in [-0.2, -0.15) is 0 Å². The molecule has 1 aliphatic rings. The van der Waals surface area contributed by atoms with Crippen molar-refractivity contribution in [3.05, 3.63) is 208 Å². The van der Waals surface area contributed by atoms with Crippen LogP contribution in [0.5, 0.6) is 11.5 Å². The van der Waals surface area contributed by atoms with Crippen molar-refractivity contribution >= 4 is 29.7 Å². The highest BCUT2D eigenvalue weighted by atomic mass is 16.5. The van der Waals surface area contributed by atoms with Crippen molar-refractivity contribution in [3.63, 3.8) is 0 Å². The van der Waals surface area contributed by atoms with Crippen LogP contribution < -0.4 is 20.1 Å². The maximum atomic E-state index is 13.2. The largest absolute Gasteiger partial charge is 0.494 e. The number of aliphatic carboxylic acids is 2. The van der Waals surface area contributed by atoms with Gasteiger partial charge in [0.15, 0.2) is 12.1 Å². The quantitative estimate of drug-likeness (QED) is 0.0212. The second-order valence-electron chi connectivity index (χ2n) is 15.1. The molecule has 4 atom stereocenters. The summed E-state index contributed by atoms with van der Waals surface area (Å²) in [4.78, 5) is 77.0. The molecule has 0 bridgehead atoms. The SMILES string of the molecule is O=NC(C(=O)NC1CN(C(C(=O)O)c2ccc(OC(=O)Cc3ccccc3)cc2)C1=O)c1ccc(OCCC(NC(c2ccccc2)(c2ccccc2)c2ccccc2)C(=O)O)cc1. The first kappa shape index (κ1) is 44.1. The van der Waals surface area contributed by atoms with Gasteiger partial charge in [-0.05, 0) is 57.6 Å². The van der Waals surface area contributed by atoms with E-state index in [0.29, 0.717) is 5.75 Å². The second kappa shape index (κ2) is 20.3. The van der Waals surface area contributed by atoms with E-state index in [0.717, 1.165) is 27.2 Å². The molecule has 0 saturated carbocycles. The van der Waals surface area contributed by atoms with Crippen LogP contribution in [0.25, 0.3) is 0 Å². The highest BCUT2D eigenvalue weighted by Crippen LogP contribution is 2.38. The Hall–Kier alpha value is -7.97. The predicted molar refractivity (Wildman–Crippen MR) is 235 cm³/mol. The summed E-state index contributed by atoms with van der Waals surface area (Å²) in [6.07, 6.45) is 0.116. The lowest BCUT2D eigenvalue weighted by Crippen LogP contribution is -2.65. The molecule has 6 aromatic carbocycles. The van der Waals surface area contributed by atoms with E-state index in [2.05, 4.69) is 15.8 Å². The molecular weight excluding hydrogens is 817 g/mol. The molecule has 0 spiro atoms. The number of carbonyl (C=O) groups is 5. The molecule has 4 N–H and O–H groups in total. The molecule has 6 aromatic rings. The number of rotatable bonds is 20. The fourth-order valence-corrected chi connectivity index (χ4v) is 7.78. The predicted octanol–water partition coefficient (Wildman–Crippen LogP) is 6.60. The first-order chi connectivity index (χ1) is 31.1. The Kier molecular flexibility index (Phi) is 14.0. The Balaban J connectivity index is 0.948. The zero-order valence-corrected chi connectivity index (χ0v) is 34.4. The minimum atomic E-state index is -1.54. The smallest absolute Gasteiger partial charge is 0.331 e. The molecule has 1 aliphatic heterocycles. The first-order valence-electron chi connectivity index (χ1n) is 20.5. The molecule has 7 rings (SSSR count). The topological polar surface area (TPSA) is 201 Å². The number of likely N-dealkylation sites (tertiary alicyclic amines) is 1. The van der Waals surface area contributed by atoms with Crippen LogP contribution >= 0.6 is 0 Å². The van der Waals surface area contributed by atoms with Gasteiger partial charge in [-0.1, -0.05) is 151 Å². The number of nitroso groups, excluding NO2 is 1. The van der Waals surface area contributed by atoms with E-state index < -0.39 is 59.4 Å². The van der Waals surface area contributed by atoms with Crippen LogP contribution in [0.1, 0.15) is 51.9 Å². The maximum Gasteiger partial charge on any atom is 0.331 e. The Morgan fingerprint density at radius 1 is 0.672 bits per heavy atom. The number of hydrogen-bond donors (Lipinski definition) is 4. The van der Waals surface area contributed by atoms with Crippen molar-refractivity contribution in [2.24, 2.45) is 5.18 Å². The Morgan fingerprint density at radius 3 is 1.66 bits per heavy atom. The van der Waals surface area contributed by atoms with Crippen LogP contribution in [0.4, 0.5) is 0 Å². The number of esters is 1. The van der Waals surface area contributed by atoms with Gasteiger partial charge in [-0.25, -0.2) is 4.79 Å². The number of β-lactam (4-membered cyclic amide) rings is 1. The molecule has 1 heterocycles. The standard InChI is InChI=1S/C50H44N4O10/c55-43(31-33-13-5-1-6-14-33)64-40-27-23-35(24-28-40)45(49(60)61)54-32-42(47(54)57)51-46(56)44(53-62)34-21-25-39(26-22-34)63-30-29-41(48(58)59)52-50(36-15-7-2-8-16-36,37-17-9-3-10-18-37)38-19-11-4-12-20-38/h1-28,41-42,44-45,52H,29-32H2,(H,51,56)(H,58,59)(H,60,61). The van der Waals surface area contributed by atoms with Gasteiger partial charge >= 0.3 is 17.9 Å². The number of amides is 2. The van der Waals surface area contributed by atoms with Crippen molar-refractivity contribution in [2.75, 3.05) is 13.2 Å². The van der Waals surface area contributed by atoms with E-state index in [1.54, 1.807) is 12.1 Å². The number of carboxylic acids is 2. The van der Waals surface area contributed by atoms with Gasteiger partial charge in [0.1, 0.15) is 23.6 Å². The molecule has 4 unspecified atom stereocenters. The van der Waals surface area contributed by atoms with E-state index >= 15 is 0 Å². The van der Waals surface area contributed by atoms with E-state index in [9.17, 15) is 39.1 Å². The number of hydrogen-bond acceptors (Lipinski definition) is 10. The monoisotopic (exact) mass is 860 g/mol. The number of nitrogens with one attached hydrogen (secondary N) is 2. The highest BCUT2D eigenvalue weighted by molar-refractivity contribution is 5.96. The molecule has 0 aromatic heterocycles. The third-order valence-electron chi connectivity index (χ3n) is 11.0. The minimum absolute atomic E-state index is 0.00239. The second-order valence-corrected chi connectivity index (χ2v) is 15.1. The van der Waals surface area contributed by atoms with Gasteiger partial charge in [0.05, 0.1) is 25.1 Å². The number of nitrogens with zero attached hydrogens (tertiary/aromatic N) is 2. The zero-order chi connectivity index (χ0) is 45.1. The fraction of sp³-hybridized carbons (Fsp3) is 0.180. The van der Waals surface area contributed by atoms with Crippen LogP contribution in [0.2, 0.25) is 0 Å². The molecule has 64 heavy (non-hydrogen) atoms. The van der Waals surface area contributed by atoms with Gasteiger partial charge in [0.2, 0.25) is 5.91 Å². The van der Waals surface area contributed by atoms with Crippen molar-refractivity contribution in [1.29, 1.82) is 0 Å². The maximum absolute atomic E-state index is 13.2. The van der Waals surface area contributed by atoms with E-state index in [4.69, 9.17) is 9.47 Å². The van der Waals surface area contributed by atoms with Gasteiger partial charge in [0, 0.05) is 6.42 Å². The Bertz CT molecular complexity index is 2460. The summed E-state index contributed by atoms with van der Waals surface area (Å²) < 4.78 is 11.3. The van der Waals surface area contributed by atoms with Crippen molar-refractivity contribution in [2.45, 2.75) is 42.5 Å². The molecular formula is C50H44N4O10. The van der Waals surface area contributed by atoms with Crippen LogP contribution in [0.15, 0.2) is 175 Å². The summed E-state index contributed by atoms with van der Waals surface area (Å²) >= 11 is 0. The average molecular weight is 861 g/mol. The summed E-state index contributed by atoms with van der Waals surface area (Å²) in [6.45, 7) is -0.152. The number of benzene rings is 6.